The van der Waals surface area contributed by atoms with Crippen LogP contribution in [0.5, 0.6) is 0 Å². The van der Waals surface area contributed by atoms with E-state index in [9.17, 15) is 13.6 Å². The van der Waals surface area contributed by atoms with Crippen LogP contribution in [0.3, 0.4) is 0 Å². The molecular formula is C16H16F2N2O. The number of aryl methyl sites for hydroxylation is 1. The molecule has 0 bridgehead atoms. The van der Waals surface area contributed by atoms with Gasteiger partial charge < -0.3 is 10.6 Å². The number of halogens is 2. The van der Waals surface area contributed by atoms with Crippen molar-refractivity contribution in [2.75, 3.05) is 10.6 Å². The molecule has 0 aromatic heterocycles. The highest BCUT2D eigenvalue weighted by Crippen LogP contribution is 2.18. The molecular weight excluding hydrogens is 274 g/mol. The summed E-state index contributed by atoms with van der Waals surface area (Å²) in [5.74, 6) is -2.28. The van der Waals surface area contributed by atoms with Crippen molar-refractivity contribution in [1.29, 1.82) is 0 Å². The predicted octanol–water partition coefficient (Wildman–Crippen LogP) is 3.71. The molecule has 0 fully saturated rings. The molecule has 2 aromatic rings. The maximum atomic E-state index is 13.5. The third kappa shape index (κ3) is 3.78. The Morgan fingerprint density at radius 1 is 1.10 bits per heavy atom. The van der Waals surface area contributed by atoms with E-state index in [1.165, 1.54) is 12.1 Å². The Kier molecular flexibility index (Phi) is 4.52. The molecule has 0 spiro atoms. The van der Waals surface area contributed by atoms with Crippen LogP contribution in [0.2, 0.25) is 0 Å². The molecule has 0 saturated heterocycles. The van der Waals surface area contributed by atoms with Crippen molar-refractivity contribution >= 4 is 17.3 Å². The second-order valence-electron chi connectivity index (χ2n) is 4.82. The van der Waals surface area contributed by atoms with Crippen molar-refractivity contribution in [1.82, 2.24) is 0 Å². The Balaban J connectivity index is 2.02. The smallest absolute Gasteiger partial charge is 0.246 e. The minimum absolute atomic E-state index is 0.0402. The van der Waals surface area contributed by atoms with Crippen molar-refractivity contribution in [3.05, 3.63) is 59.7 Å². The lowest BCUT2D eigenvalue weighted by Gasteiger charge is -2.16. The standard InChI is InChI=1S/C16H16F2N2O/c1-10-6-8-12(9-7-10)20-16(21)11(2)19-14-5-3-4-13(17)15(14)18/h3-9,11,19H,1-2H3,(H,20,21). The maximum absolute atomic E-state index is 13.5. The molecule has 1 atom stereocenters. The highest BCUT2D eigenvalue weighted by molar-refractivity contribution is 5.96. The molecule has 0 saturated carbocycles. The Bertz CT molecular complexity index is 641. The molecule has 21 heavy (non-hydrogen) atoms. The Morgan fingerprint density at radius 2 is 1.76 bits per heavy atom. The molecule has 3 nitrogen and oxygen atoms in total. The minimum atomic E-state index is -0.993. The SMILES string of the molecule is Cc1ccc(NC(=O)C(C)Nc2cccc(F)c2F)cc1. The molecule has 0 aliphatic carbocycles. The summed E-state index contributed by atoms with van der Waals surface area (Å²) in [7, 11) is 0. The zero-order chi connectivity index (χ0) is 15.4. The van der Waals surface area contributed by atoms with E-state index < -0.39 is 17.7 Å². The highest BCUT2D eigenvalue weighted by Gasteiger charge is 2.16. The summed E-state index contributed by atoms with van der Waals surface area (Å²) in [4.78, 5) is 12.0. The zero-order valence-electron chi connectivity index (χ0n) is 11.8. The van der Waals surface area contributed by atoms with Crippen LogP contribution < -0.4 is 10.6 Å². The van der Waals surface area contributed by atoms with Gasteiger partial charge in [0.15, 0.2) is 11.6 Å². The molecule has 1 unspecified atom stereocenters. The van der Waals surface area contributed by atoms with Gasteiger partial charge in [-0.25, -0.2) is 8.78 Å². The molecule has 2 rings (SSSR count). The largest absolute Gasteiger partial charge is 0.371 e. The van der Waals surface area contributed by atoms with E-state index in [4.69, 9.17) is 0 Å². The number of carbonyl (C=O) groups excluding carboxylic acids is 1. The van der Waals surface area contributed by atoms with Crippen molar-refractivity contribution in [2.45, 2.75) is 19.9 Å². The summed E-state index contributed by atoms with van der Waals surface area (Å²) in [5, 5.41) is 5.36. The summed E-state index contributed by atoms with van der Waals surface area (Å²) in [6.45, 7) is 3.52. The quantitative estimate of drug-likeness (QED) is 0.901. The van der Waals surface area contributed by atoms with E-state index in [0.717, 1.165) is 11.6 Å². The first kappa shape index (κ1) is 15.0. The number of benzene rings is 2. The first-order valence-corrected chi connectivity index (χ1v) is 6.55. The summed E-state index contributed by atoms with van der Waals surface area (Å²) < 4.78 is 26.6. The van der Waals surface area contributed by atoms with Gasteiger partial charge in [0.05, 0.1) is 5.69 Å². The number of rotatable bonds is 4. The fourth-order valence-electron chi connectivity index (χ4n) is 1.80. The van der Waals surface area contributed by atoms with Crippen LogP contribution in [0.15, 0.2) is 42.5 Å². The van der Waals surface area contributed by atoms with Gasteiger partial charge in [-0.05, 0) is 38.1 Å². The third-order valence-corrected chi connectivity index (χ3v) is 3.04. The number of hydrogen-bond donors (Lipinski definition) is 2. The molecule has 5 heteroatoms. The Hall–Kier alpha value is -2.43. The van der Waals surface area contributed by atoms with Crippen molar-refractivity contribution in [2.24, 2.45) is 0 Å². The first-order valence-electron chi connectivity index (χ1n) is 6.55. The van der Waals surface area contributed by atoms with Crippen LogP contribution in [-0.4, -0.2) is 11.9 Å². The van der Waals surface area contributed by atoms with Gasteiger partial charge in [0.25, 0.3) is 0 Å². The lowest BCUT2D eigenvalue weighted by molar-refractivity contribution is -0.116. The van der Waals surface area contributed by atoms with Crippen LogP contribution in [0, 0.1) is 18.6 Å². The molecule has 2 N–H and O–H groups in total. The van der Waals surface area contributed by atoms with Gasteiger partial charge in [0, 0.05) is 5.69 Å². The summed E-state index contributed by atoms with van der Waals surface area (Å²) in [5.41, 5.74) is 1.70. The van der Waals surface area contributed by atoms with E-state index in [2.05, 4.69) is 10.6 Å². The van der Waals surface area contributed by atoms with Crippen LogP contribution >= 0.6 is 0 Å². The fourth-order valence-corrected chi connectivity index (χ4v) is 1.80. The van der Waals surface area contributed by atoms with Crippen molar-refractivity contribution in [3.63, 3.8) is 0 Å². The highest BCUT2D eigenvalue weighted by atomic mass is 19.2. The number of carbonyl (C=O) groups is 1. The number of anilines is 2. The topological polar surface area (TPSA) is 41.1 Å². The molecule has 2 aromatic carbocycles. The lowest BCUT2D eigenvalue weighted by atomic mass is 10.2. The van der Waals surface area contributed by atoms with E-state index >= 15 is 0 Å². The lowest BCUT2D eigenvalue weighted by Crippen LogP contribution is -2.32. The van der Waals surface area contributed by atoms with Crippen molar-refractivity contribution in [3.8, 4) is 0 Å². The van der Waals surface area contributed by atoms with E-state index in [-0.39, 0.29) is 11.6 Å². The van der Waals surface area contributed by atoms with Gasteiger partial charge in [-0.2, -0.15) is 0 Å². The van der Waals surface area contributed by atoms with E-state index in [1.54, 1.807) is 19.1 Å². The van der Waals surface area contributed by atoms with Gasteiger partial charge in [0.2, 0.25) is 5.91 Å². The second-order valence-corrected chi connectivity index (χ2v) is 4.82. The molecule has 110 valence electrons. The van der Waals surface area contributed by atoms with Gasteiger partial charge in [-0.1, -0.05) is 23.8 Å². The first-order chi connectivity index (χ1) is 9.97. The second kappa shape index (κ2) is 6.35. The van der Waals surface area contributed by atoms with Crippen LogP contribution in [0.1, 0.15) is 12.5 Å². The van der Waals surface area contributed by atoms with E-state index in [0.29, 0.717) is 5.69 Å². The third-order valence-electron chi connectivity index (χ3n) is 3.04. The Labute approximate surface area is 122 Å². The maximum Gasteiger partial charge on any atom is 0.246 e. The average Bonchev–Trinajstić information content (AvgIpc) is 2.46. The van der Waals surface area contributed by atoms with Crippen molar-refractivity contribution < 1.29 is 13.6 Å². The minimum Gasteiger partial charge on any atom is -0.371 e. The predicted molar refractivity (Wildman–Crippen MR) is 79.3 cm³/mol. The number of amides is 1. The van der Waals surface area contributed by atoms with Gasteiger partial charge >= 0.3 is 0 Å². The molecule has 0 heterocycles. The van der Waals surface area contributed by atoms with Crippen LogP contribution in [0.4, 0.5) is 20.2 Å². The van der Waals surface area contributed by atoms with Gasteiger partial charge in [-0.15, -0.1) is 0 Å². The monoisotopic (exact) mass is 290 g/mol. The number of hydrogen-bond acceptors (Lipinski definition) is 2. The van der Waals surface area contributed by atoms with Gasteiger partial charge in [-0.3, -0.25) is 4.79 Å². The Morgan fingerprint density at radius 3 is 2.43 bits per heavy atom. The fraction of sp³-hybridized carbons (Fsp3) is 0.188. The summed E-state index contributed by atoms with van der Waals surface area (Å²) in [6, 6.07) is 10.4. The number of nitrogens with one attached hydrogen (secondary N) is 2. The van der Waals surface area contributed by atoms with Gasteiger partial charge in [0.1, 0.15) is 6.04 Å². The summed E-state index contributed by atoms with van der Waals surface area (Å²) in [6.07, 6.45) is 0. The molecule has 1 amide bonds. The summed E-state index contributed by atoms with van der Waals surface area (Å²) >= 11 is 0. The van der Waals surface area contributed by atoms with E-state index in [1.807, 2.05) is 19.1 Å². The van der Waals surface area contributed by atoms with Crippen LogP contribution in [0.25, 0.3) is 0 Å². The average molecular weight is 290 g/mol. The zero-order valence-corrected chi connectivity index (χ0v) is 11.8. The molecule has 0 radical (unpaired) electrons. The molecule has 0 aliphatic rings. The normalized spacial score (nSPS) is 11.8. The molecule has 0 aliphatic heterocycles. The van der Waals surface area contributed by atoms with Crippen LogP contribution in [-0.2, 0) is 4.79 Å².